The Morgan fingerprint density at radius 1 is 1.09 bits per heavy atom. The molecule has 0 aliphatic heterocycles. The van der Waals surface area contributed by atoms with Gasteiger partial charge in [-0.3, -0.25) is 0 Å². The molecule has 1 aromatic heterocycles. The van der Waals surface area contributed by atoms with Crippen LogP contribution in [-0.4, -0.2) is 16.1 Å². The lowest BCUT2D eigenvalue weighted by molar-refractivity contribution is -0.137. The van der Waals surface area contributed by atoms with Gasteiger partial charge in [0.1, 0.15) is 11.1 Å². The van der Waals surface area contributed by atoms with Crippen LogP contribution in [0.2, 0.25) is 0 Å². The molecule has 112 valence electrons. The van der Waals surface area contributed by atoms with Crippen molar-refractivity contribution in [2.24, 2.45) is 0 Å². The first-order valence-electron chi connectivity index (χ1n) is 6.17. The minimum absolute atomic E-state index is 0.0526. The van der Waals surface area contributed by atoms with Gasteiger partial charge < -0.3 is 9.52 Å². The number of nitrogens with zero attached hydrogens (tertiary/aromatic N) is 1. The van der Waals surface area contributed by atoms with Gasteiger partial charge in [0, 0.05) is 5.56 Å². The molecule has 22 heavy (non-hydrogen) atoms. The Morgan fingerprint density at radius 2 is 1.77 bits per heavy atom. The molecule has 2 aromatic carbocycles. The maximum atomic E-state index is 12.5. The molecule has 0 atom stereocenters. The zero-order valence-corrected chi connectivity index (χ0v) is 10.9. The molecule has 1 heterocycles. The van der Waals surface area contributed by atoms with E-state index in [1.165, 1.54) is 24.3 Å². The molecule has 3 rings (SSSR count). The molecule has 0 saturated carbocycles. The van der Waals surface area contributed by atoms with E-state index in [-0.39, 0.29) is 17.0 Å². The molecule has 0 aliphatic rings. The number of carboxylic acids is 1. The quantitative estimate of drug-likeness (QED) is 0.770. The highest BCUT2D eigenvalue weighted by Crippen LogP contribution is 2.32. The van der Waals surface area contributed by atoms with Gasteiger partial charge in [-0.1, -0.05) is 6.07 Å². The first-order chi connectivity index (χ1) is 10.4. The molecule has 7 heteroatoms. The highest BCUT2D eigenvalue weighted by Gasteiger charge is 2.30. The number of rotatable bonds is 2. The fourth-order valence-electron chi connectivity index (χ4n) is 2.04. The molecule has 0 aliphatic carbocycles. The Hall–Kier alpha value is -2.83. The van der Waals surface area contributed by atoms with E-state index in [9.17, 15) is 18.0 Å². The molecule has 4 nitrogen and oxygen atoms in total. The topological polar surface area (TPSA) is 63.3 Å². The Bertz CT molecular complexity index is 851. The van der Waals surface area contributed by atoms with Crippen molar-refractivity contribution in [2.75, 3.05) is 0 Å². The molecule has 3 aromatic rings. The number of carbonyl (C=O) groups is 1. The van der Waals surface area contributed by atoms with E-state index in [0.717, 1.165) is 12.1 Å². The lowest BCUT2D eigenvalue weighted by Crippen LogP contribution is -2.03. The summed E-state index contributed by atoms with van der Waals surface area (Å²) >= 11 is 0. The van der Waals surface area contributed by atoms with E-state index < -0.39 is 17.7 Å². The number of benzene rings is 2. The molecule has 1 N–H and O–H groups in total. The smallest absolute Gasteiger partial charge is 0.416 e. The lowest BCUT2D eigenvalue weighted by Gasteiger charge is -2.05. The molecule has 0 saturated heterocycles. The average Bonchev–Trinajstić information content (AvgIpc) is 2.90. The number of halogens is 3. The summed E-state index contributed by atoms with van der Waals surface area (Å²) in [6.07, 6.45) is -4.42. The maximum absolute atomic E-state index is 12.5. The lowest BCUT2D eigenvalue weighted by atomic mass is 10.1. The predicted octanol–water partition coefficient (Wildman–Crippen LogP) is 4.21. The number of hydrogen-bond donors (Lipinski definition) is 1. The summed E-state index contributed by atoms with van der Waals surface area (Å²) in [6, 6.07) is 8.75. The van der Waals surface area contributed by atoms with Crippen LogP contribution >= 0.6 is 0 Å². The Balaban J connectivity index is 2.07. The van der Waals surface area contributed by atoms with Crippen molar-refractivity contribution in [3.63, 3.8) is 0 Å². The maximum Gasteiger partial charge on any atom is 0.416 e. The van der Waals surface area contributed by atoms with Crippen LogP contribution in [0.5, 0.6) is 0 Å². The minimum Gasteiger partial charge on any atom is -0.478 e. The van der Waals surface area contributed by atoms with Gasteiger partial charge in [-0.15, -0.1) is 0 Å². The SMILES string of the molecule is O=C(O)c1cccc2nc(-c3ccc(C(F)(F)F)cc3)oc12. The summed E-state index contributed by atoms with van der Waals surface area (Å²) in [5, 5.41) is 9.08. The predicted molar refractivity (Wildman–Crippen MR) is 71.4 cm³/mol. The van der Waals surface area contributed by atoms with Gasteiger partial charge in [0.15, 0.2) is 5.58 Å². The highest BCUT2D eigenvalue weighted by atomic mass is 19.4. The summed E-state index contributed by atoms with van der Waals surface area (Å²) in [7, 11) is 0. The highest BCUT2D eigenvalue weighted by molar-refractivity contribution is 6.00. The zero-order valence-electron chi connectivity index (χ0n) is 10.9. The van der Waals surface area contributed by atoms with E-state index in [2.05, 4.69) is 4.98 Å². The number of para-hydroxylation sites is 1. The normalized spacial score (nSPS) is 11.8. The molecular weight excluding hydrogens is 299 g/mol. The van der Waals surface area contributed by atoms with Crippen LogP contribution in [0.3, 0.4) is 0 Å². The summed E-state index contributed by atoms with van der Waals surface area (Å²) in [6.45, 7) is 0. The number of oxazole rings is 1. The first kappa shape index (κ1) is 14.1. The third kappa shape index (κ3) is 2.41. The van der Waals surface area contributed by atoms with Crippen molar-refractivity contribution < 1.29 is 27.5 Å². The number of aromatic nitrogens is 1. The molecule has 0 spiro atoms. The van der Waals surface area contributed by atoms with Crippen molar-refractivity contribution in [3.8, 4) is 11.5 Å². The van der Waals surface area contributed by atoms with Crippen molar-refractivity contribution in [1.82, 2.24) is 4.98 Å². The number of hydrogen-bond acceptors (Lipinski definition) is 3. The summed E-state index contributed by atoms with van der Waals surface area (Å²) < 4.78 is 43.0. The second kappa shape index (κ2) is 4.87. The van der Waals surface area contributed by atoms with Crippen molar-refractivity contribution >= 4 is 17.1 Å². The monoisotopic (exact) mass is 307 g/mol. The first-order valence-corrected chi connectivity index (χ1v) is 6.17. The number of aromatic carboxylic acids is 1. The van der Waals surface area contributed by atoms with E-state index in [0.29, 0.717) is 11.1 Å². The van der Waals surface area contributed by atoms with Crippen LogP contribution < -0.4 is 0 Å². The van der Waals surface area contributed by atoms with Crippen LogP contribution in [0.25, 0.3) is 22.6 Å². The van der Waals surface area contributed by atoms with Crippen LogP contribution in [0.4, 0.5) is 13.2 Å². The van der Waals surface area contributed by atoms with Crippen LogP contribution in [0.1, 0.15) is 15.9 Å². The van der Waals surface area contributed by atoms with Gasteiger partial charge in [-0.2, -0.15) is 13.2 Å². The van der Waals surface area contributed by atoms with Crippen LogP contribution in [0.15, 0.2) is 46.9 Å². The molecular formula is C15H8F3NO3. The molecule has 0 fully saturated rings. The zero-order chi connectivity index (χ0) is 15.9. The second-order valence-electron chi connectivity index (χ2n) is 4.55. The van der Waals surface area contributed by atoms with Crippen molar-refractivity contribution in [2.45, 2.75) is 6.18 Å². The van der Waals surface area contributed by atoms with Gasteiger partial charge in [-0.05, 0) is 36.4 Å². The van der Waals surface area contributed by atoms with Crippen LogP contribution in [0, 0.1) is 0 Å². The van der Waals surface area contributed by atoms with E-state index in [4.69, 9.17) is 9.52 Å². The fraction of sp³-hybridized carbons (Fsp3) is 0.0667. The van der Waals surface area contributed by atoms with Gasteiger partial charge in [0.25, 0.3) is 0 Å². The van der Waals surface area contributed by atoms with E-state index in [1.807, 2.05) is 0 Å². The Labute approximate surface area is 121 Å². The summed E-state index contributed by atoms with van der Waals surface area (Å²) in [5.74, 6) is -1.10. The standard InChI is InChI=1S/C15H8F3NO3/c16-15(17,18)9-6-4-8(5-7-9)13-19-11-3-1-2-10(14(20)21)12(11)22-13/h1-7H,(H,20,21). The summed E-state index contributed by atoms with van der Waals surface area (Å²) in [5.41, 5.74) is -0.0815. The van der Waals surface area contributed by atoms with Crippen LogP contribution in [-0.2, 0) is 6.18 Å². The molecule has 0 unspecified atom stereocenters. The van der Waals surface area contributed by atoms with Gasteiger partial charge in [0.2, 0.25) is 5.89 Å². The molecule has 0 amide bonds. The molecule has 0 bridgehead atoms. The number of carboxylic acid groups (broad SMARTS) is 1. The third-order valence-corrected chi connectivity index (χ3v) is 3.10. The summed E-state index contributed by atoms with van der Waals surface area (Å²) in [4.78, 5) is 15.2. The van der Waals surface area contributed by atoms with E-state index in [1.54, 1.807) is 6.07 Å². The van der Waals surface area contributed by atoms with Gasteiger partial charge >= 0.3 is 12.1 Å². The van der Waals surface area contributed by atoms with Gasteiger partial charge in [0.05, 0.1) is 5.56 Å². The number of alkyl halides is 3. The van der Waals surface area contributed by atoms with Gasteiger partial charge in [-0.25, -0.2) is 9.78 Å². The largest absolute Gasteiger partial charge is 0.478 e. The average molecular weight is 307 g/mol. The molecule has 0 radical (unpaired) electrons. The van der Waals surface area contributed by atoms with Crippen molar-refractivity contribution in [3.05, 3.63) is 53.6 Å². The number of fused-ring (bicyclic) bond motifs is 1. The minimum atomic E-state index is -4.42. The third-order valence-electron chi connectivity index (χ3n) is 3.10. The van der Waals surface area contributed by atoms with E-state index >= 15 is 0 Å². The second-order valence-corrected chi connectivity index (χ2v) is 4.55. The Morgan fingerprint density at radius 3 is 2.36 bits per heavy atom. The Kier molecular flexibility index (Phi) is 3.13. The van der Waals surface area contributed by atoms with Crippen molar-refractivity contribution in [1.29, 1.82) is 0 Å². The fourth-order valence-corrected chi connectivity index (χ4v) is 2.04.